The number of thioether (sulfide) groups is 1. The molecule has 0 aliphatic heterocycles. The highest BCUT2D eigenvalue weighted by Crippen LogP contribution is 2.28. The van der Waals surface area contributed by atoms with Crippen molar-refractivity contribution in [2.24, 2.45) is 0 Å². The zero-order valence-corrected chi connectivity index (χ0v) is 14.2. The number of nitro groups is 1. The number of ether oxygens (including phenoxy) is 1. The van der Waals surface area contributed by atoms with E-state index in [4.69, 9.17) is 16.3 Å². The van der Waals surface area contributed by atoms with Crippen LogP contribution in [0.5, 0.6) is 0 Å². The van der Waals surface area contributed by atoms with E-state index in [9.17, 15) is 14.9 Å². The molecule has 0 fully saturated rings. The third-order valence-corrected chi connectivity index (χ3v) is 4.10. The molecular formula is C13H14ClN5O4S. The first kappa shape index (κ1) is 18.2. The molecule has 0 aliphatic carbocycles. The van der Waals surface area contributed by atoms with E-state index in [-0.39, 0.29) is 22.2 Å². The molecule has 0 radical (unpaired) electrons. The molecule has 0 bridgehead atoms. The molecule has 1 aromatic heterocycles. The predicted octanol–water partition coefficient (Wildman–Crippen LogP) is 2.22. The van der Waals surface area contributed by atoms with Crippen molar-refractivity contribution in [2.75, 3.05) is 24.8 Å². The smallest absolute Gasteiger partial charge is 0.294 e. The average Bonchev–Trinajstić information content (AvgIpc) is 2.99. The first-order valence-electron chi connectivity index (χ1n) is 6.74. The number of nitrogens with zero attached hydrogens (tertiary/aromatic N) is 4. The molecule has 1 amide bonds. The van der Waals surface area contributed by atoms with Crippen LogP contribution in [0.15, 0.2) is 29.7 Å². The highest BCUT2D eigenvalue weighted by atomic mass is 35.5. The van der Waals surface area contributed by atoms with E-state index in [1.807, 2.05) is 0 Å². The van der Waals surface area contributed by atoms with Crippen LogP contribution in [-0.2, 0) is 16.1 Å². The molecule has 0 saturated heterocycles. The lowest BCUT2D eigenvalue weighted by Crippen LogP contribution is -2.16. The number of methoxy groups -OCH3 is 1. The SMILES string of the molecule is COCCn1cnnc1SCC(=O)Nc1ccc(Cl)cc1[N+](=O)[O-]. The fourth-order valence-corrected chi connectivity index (χ4v) is 2.68. The van der Waals surface area contributed by atoms with Gasteiger partial charge in [0.1, 0.15) is 12.0 Å². The van der Waals surface area contributed by atoms with E-state index in [1.54, 1.807) is 18.0 Å². The molecule has 9 nitrogen and oxygen atoms in total. The fourth-order valence-electron chi connectivity index (χ4n) is 1.78. The monoisotopic (exact) mass is 371 g/mol. The van der Waals surface area contributed by atoms with Gasteiger partial charge in [0.05, 0.1) is 17.3 Å². The number of anilines is 1. The van der Waals surface area contributed by atoms with Crippen molar-refractivity contribution in [1.29, 1.82) is 0 Å². The van der Waals surface area contributed by atoms with E-state index in [0.717, 1.165) is 0 Å². The number of nitrogens with one attached hydrogen (secondary N) is 1. The van der Waals surface area contributed by atoms with Crippen LogP contribution in [0.4, 0.5) is 11.4 Å². The number of rotatable bonds is 8. The Morgan fingerprint density at radius 2 is 2.33 bits per heavy atom. The number of hydrogen-bond acceptors (Lipinski definition) is 7. The summed E-state index contributed by atoms with van der Waals surface area (Å²) in [6.45, 7) is 1.06. The maximum absolute atomic E-state index is 12.0. The van der Waals surface area contributed by atoms with Crippen LogP contribution in [0.3, 0.4) is 0 Å². The number of amides is 1. The lowest BCUT2D eigenvalue weighted by molar-refractivity contribution is -0.383. The molecule has 0 aliphatic rings. The van der Waals surface area contributed by atoms with E-state index in [2.05, 4.69) is 15.5 Å². The molecule has 11 heteroatoms. The van der Waals surface area contributed by atoms with E-state index < -0.39 is 10.8 Å². The van der Waals surface area contributed by atoms with Crippen LogP contribution in [0.25, 0.3) is 0 Å². The summed E-state index contributed by atoms with van der Waals surface area (Å²) in [5.74, 6) is -0.363. The number of hydrogen-bond donors (Lipinski definition) is 1. The van der Waals surface area contributed by atoms with Crippen LogP contribution in [-0.4, -0.2) is 45.1 Å². The summed E-state index contributed by atoms with van der Waals surface area (Å²) >= 11 is 6.91. The molecule has 2 aromatic rings. The van der Waals surface area contributed by atoms with Crippen molar-refractivity contribution < 1.29 is 14.5 Å². The second-order valence-electron chi connectivity index (χ2n) is 4.56. The standard InChI is InChI=1S/C13H14ClN5O4S/c1-23-5-4-18-8-15-17-13(18)24-7-12(20)16-10-3-2-9(14)6-11(10)19(21)22/h2-3,6,8H,4-5,7H2,1H3,(H,16,20). The number of carbonyl (C=O) groups is 1. The van der Waals surface area contributed by atoms with Gasteiger partial charge in [-0.3, -0.25) is 14.9 Å². The molecule has 0 saturated carbocycles. The van der Waals surface area contributed by atoms with Gasteiger partial charge in [-0.1, -0.05) is 23.4 Å². The van der Waals surface area contributed by atoms with Gasteiger partial charge in [0, 0.05) is 24.7 Å². The van der Waals surface area contributed by atoms with E-state index in [0.29, 0.717) is 18.3 Å². The Hall–Kier alpha value is -2.17. The summed E-state index contributed by atoms with van der Waals surface area (Å²) in [6, 6.07) is 4.05. The van der Waals surface area contributed by atoms with Crippen molar-refractivity contribution in [3.8, 4) is 0 Å². The highest BCUT2D eigenvalue weighted by Gasteiger charge is 2.17. The van der Waals surface area contributed by atoms with Crippen molar-refractivity contribution >= 4 is 40.6 Å². The van der Waals surface area contributed by atoms with Gasteiger partial charge in [0.25, 0.3) is 5.69 Å². The molecular weight excluding hydrogens is 358 g/mol. The Kier molecular flexibility index (Phi) is 6.53. The number of carbonyl (C=O) groups excluding carboxylic acids is 1. The maximum Gasteiger partial charge on any atom is 0.294 e. The zero-order chi connectivity index (χ0) is 17.5. The molecule has 0 spiro atoms. The van der Waals surface area contributed by atoms with Gasteiger partial charge in [-0.15, -0.1) is 10.2 Å². The lowest BCUT2D eigenvalue weighted by Gasteiger charge is -2.07. The molecule has 1 heterocycles. The Labute approximate surface area is 146 Å². The van der Waals surface area contributed by atoms with Crippen molar-refractivity contribution in [1.82, 2.24) is 14.8 Å². The minimum Gasteiger partial charge on any atom is -0.383 e. The molecule has 1 aromatic carbocycles. The van der Waals surface area contributed by atoms with E-state index in [1.165, 1.54) is 30.0 Å². The van der Waals surface area contributed by atoms with Crippen molar-refractivity contribution in [3.05, 3.63) is 39.7 Å². The summed E-state index contributed by atoms with van der Waals surface area (Å²) in [5.41, 5.74) is -0.167. The quantitative estimate of drug-likeness (QED) is 0.430. The summed E-state index contributed by atoms with van der Waals surface area (Å²) in [7, 11) is 1.59. The maximum atomic E-state index is 12.0. The fraction of sp³-hybridized carbons (Fsp3) is 0.308. The largest absolute Gasteiger partial charge is 0.383 e. The second kappa shape index (κ2) is 8.62. The normalized spacial score (nSPS) is 10.6. The van der Waals surface area contributed by atoms with Crippen LogP contribution < -0.4 is 5.32 Å². The third-order valence-electron chi connectivity index (χ3n) is 2.88. The summed E-state index contributed by atoms with van der Waals surface area (Å²) in [5, 5.41) is 22.0. The van der Waals surface area contributed by atoms with Crippen molar-refractivity contribution in [3.63, 3.8) is 0 Å². The summed E-state index contributed by atoms with van der Waals surface area (Å²) < 4.78 is 6.74. The number of benzene rings is 1. The minimum absolute atomic E-state index is 0.0332. The van der Waals surface area contributed by atoms with Crippen LogP contribution in [0.2, 0.25) is 5.02 Å². The lowest BCUT2D eigenvalue weighted by atomic mass is 10.2. The number of nitro benzene ring substituents is 1. The first-order chi connectivity index (χ1) is 11.5. The number of halogens is 1. The zero-order valence-electron chi connectivity index (χ0n) is 12.6. The second-order valence-corrected chi connectivity index (χ2v) is 5.93. The summed E-state index contributed by atoms with van der Waals surface area (Å²) in [4.78, 5) is 22.4. The third kappa shape index (κ3) is 4.91. The van der Waals surface area contributed by atoms with Crippen LogP contribution in [0.1, 0.15) is 0 Å². The van der Waals surface area contributed by atoms with Gasteiger partial charge >= 0.3 is 0 Å². The molecule has 24 heavy (non-hydrogen) atoms. The van der Waals surface area contributed by atoms with Gasteiger partial charge in [0.2, 0.25) is 5.91 Å². The minimum atomic E-state index is -0.601. The molecule has 128 valence electrons. The molecule has 2 rings (SSSR count). The summed E-state index contributed by atoms with van der Waals surface area (Å²) in [6.07, 6.45) is 1.54. The van der Waals surface area contributed by atoms with E-state index >= 15 is 0 Å². The Bertz CT molecular complexity index is 739. The van der Waals surface area contributed by atoms with Gasteiger partial charge in [-0.25, -0.2) is 0 Å². The number of aromatic nitrogens is 3. The van der Waals surface area contributed by atoms with Crippen molar-refractivity contribution in [2.45, 2.75) is 11.7 Å². The molecule has 1 N–H and O–H groups in total. The van der Waals surface area contributed by atoms with Gasteiger partial charge in [0.15, 0.2) is 5.16 Å². The topological polar surface area (TPSA) is 112 Å². The van der Waals surface area contributed by atoms with Gasteiger partial charge in [-0.2, -0.15) is 0 Å². The predicted molar refractivity (Wildman–Crippen MR) is 89.4 cm³/mol. The van der Waals surface area contributed by atoms with Gasteiger partial charge in [-0.05, 0) is 12.1 Å². The Morgan fingerprint density at radius 1 is 1.54 bits per heavy atom. The Morgan fingerprint density at radius 3 is 3.04 bits per heavy atom. The molecule has 0 atom stereocenters. The van der Waals surface area contributed by atoms with Crippen LogP contribution >= 0.6 is 23.4 Å². The average molecular weight is 372 g/mol. The first-order valence-corrected chi connectivity index (χ1v) is 8.11. The highest BCUT2D eigenvalue weighted by molar-refractivity contribution is 7.99. The van der Waals surface area contributed by atoms with Crippen LogP contribution in [0, 0.1) is 10.1 Å². The molecule has 0 unspecified atom stereocenters. The Balaban J connectivity index is 1.97. The van der Waals surface area contributed by atoms with Gasteiger partial charge < -0.3 is 14.6 Å².